The third kappa shape index (κ3) is 4.05. The molecular formula is C30H46O5. The molecule has 4 rings (SSSR count). The Balaban J connectivity index is 1.57. The van der Waals surface area contributed by atoms with E-state index in [1.54, 1.807) is 0 Å². The van der Waals surface area contributed by atoms with Crippen LogP contribution < -0.4 is 0 Å². The van der Waals surface area contributed by atoms with Crippen molar-refractivity contribution >= 4 is 11.8 Å². The number of carbonyl (C=O) groups excluding carboxylic acids is 2. The topological polar surface area (TPSA) is 83.8 Å². The molecule has 0 saturated heterocycles. The van der Waals surface area contributed by atoms with Gasteiger partial charge in [0.15, 0.2) is 5.78 Å². The lowest BCUT2D eigenvalue weighted by atomic mass is 9.48. The summed E-state index contributed by atoms with van der Waals surface area (Å²) in [7, 11) is 1.41. The largest absolute Gasteiger partial charge is 0.469 e. The second-order valence-electron chi connectivity index (χ2n) is 12.8. The van der Waals surface area contributed by atoms with Gasteiger partial charge in [-0.05, 0) is 92.4 Å². The van der Waals surface area contributed by atoms with Crippen LogP contribution in [0.5, 0.6) is 0 Å². The summed E-state index contributed by atoms with van der Waals surface area (Å²) in [6, 6.07) is 0. The number of rotatable bonds is 6. The summed E-state index contributed by atoms with van der Waals surface area (Å²) in [5.41, 5.74) is 2.73. The fraction of sp³-hybridized carbons (Fsp3) is 0.800. The standard InChI is InChI=1S/C30H46O5/c1-16(18(3)28(34)35-7)8-9-17(2)20-10-11-21-27-23(15-26(33)30(20,21)6)29(5)13-12-24(31)19(4)22(29)14-25(27)32/h17-22,24,26,31,33H,1,8-15H2,2-7H3/t17-,18+,19+,20-,21+,22+,24-,26+,29+,30-/m1/s1. The highest BCUT2D eigenvalue weighted by Crippen LogP contribution is 2.65. The lowest BCUT2D eigenvalue weighted by molar-refractivity contribution is -0.143. The van der Waals surface area contributed by atoms with Gasteiger partial charge in [0.1, 0.15) is 0 Å². The van der Waals surface area contributed by atoms with Crippen LogP contribution in [0.3, 0.4) is 0 Å². The summed E-state index contributed by atoms with van der Waals surface area (Å²) in [5.74, 6) is 0.765. The average Bonchev–Trinajstić information content (AvgIpc) is 3.19. The first kappa shape index (κ1) is 26.6. The first-order valence-corrected chi connectivity index (χ1v) is 13.8. The minimum absolute atomic E-state index is 0.102. The molecule has 196 valence electrons. The van der Waals surface area contributed by atoms with Crippen molar-refractivity contribution < 1.29 is 24.5 Å². The van der Waals surface area contributed by atoms with Crippen molar-refractivity contribution in [3.8, 4) is 0 Å². The van der Waals surface area contributed by atoms with E-state index < -0.39 is 6.10 Å². The summed E-state index contributed by atoms with van der Waals surface area (Å²) in [4.78, 5) is 25.5. The number of allylic oxidation sites excluding steroid dienone is 1. The highest BCUT2D eigenvalue weighted by Gasteiger charge is 2.61. The van der Waals surface area contributed by atoms with Gasteiger partial charge in [-0.3, -0.25) is 9.59 Å². The Morgan fingerprint density at radius 2 is 1.86 bits per heavy atom. The summed E-state index contributed by atoms with van der Waals surface area (Å²) in [6.07, 6.45) is 5.60. The van der Waals surface area contributed by atoms with Crippen molar-refractivity contribution in [2.75, 3.05) is 7.11 Å². The van der Waals surface area contributed by atoms with E-state index in [1.807, 2.05) is 6.92 Å². The molecule has 0 aromatic rings. The van der Waals surface area contributed by atoms with Crippen LogP contribution in [0.4, 0.5) is 0 Å². The summed E-state index contributed by atoms with van der Waals surface area (Å²) >= 11 is 0. The van der Waals surface area contributed by atoms with Crippen molar-refractivity contribution in [1.82, 2.24) is 0 Å². The first-order valence-electron chi connectivity index (χ1n) is 13.8. The van der Waals surface area contributed by atoms with Gasteiger partial charge in [0, 0.05) is 11.8 Å². The zero-order valence-electron chi connectivity index (χ0n) is 22.6. The van der Waals surface area contributed by atoms with E-state index in [4.69, 9.17) is 4.74 Å². The Hall–Kier alpha value is -1.46. The number of hydrogen-bond acceptors (Lipinski definition) is 5. The molecule has 0 radical (unpaired) electrons. The van der Waals surface area contributed by atoms with E-state index in [0.29, 0.717) is 24.7 Å². The summed E-state index contributed by atoms with van der Waals surface area (Å²) in [6.45, 7) is 14.9. The molecule has 0 bridgehead atoms. The maximum absolute atomic E-state index is 13.7. The van der Waals surface area contributed by atoms with Crippen LogP contribution in [-0.2, 0) is 14.3 Å². The molecule has 35 heavy (non-hydrogen) atoms. The monoisotopic (exact) mass is 486 g/mol. The van der Waals surface area contributed by atoms with E-state index in [-0.39, 0.29) is 52.4 Å². The van der Waals surface area contributed by atoms with Gasteiger partial charge >= 0.3 is 5.97 Å². The molecule has 0 aromatic heterocycles. The molecule has 0 unspecified atom stereocenters. The van der Waals surface area contributed by atoms with Gasteiger partial charge in [0.05, 0.1) is 25.2 Å². The van der Waals surface area contributed by atoms with Crippen molar-refractivity contribution in [3.63, 3.8) is 0 Å². The van der Waals surface area contributed by atoms with E-state index in [2.05, 4.69) is 34.3 Å². The number of ether oxygens (including phenoxy) is 1. The zero-order chi connectivity index (χ0) is 25.9. The Bertz CT molecular complexity index is 920. The molecule has 0 aromatic carbocycles. The third-order valence-corrected chi connectivity index (χ3v) is 11.3. The molecule has 2 N–H and O–H groups in total. The molecule has 2 fully saturated rings. The number of carbonyl (C=O) groups is 2. The van der Waals surface area contributed by atoms with Gasteiger partial charge in [-0.1, -0.05) is 45.4 Å². The predicted octanol–water partition coefficient (Wildman–Crippen LogP) is 5.25. The van der Waals surface area contributed by atoms with Gasteiger partial charge in [-0.15, -0.1) is 0 Å². The molecule has 10 atom stereocenters. The number of fused-ring (bicyclic) bond motifs is 4. The van der Waals surface area contributed by atoms with Gasteiger partial charge in [-0.25, -0.2) is 0 Å². The van der Waals surface area contributed by atoms with Crippen molar-refractivity contribution in [1.29, 1.82) is 0 Å². The number of aliphatic hydroxyl groups excluding tert-OH is 2. The Kier molecular flexibility index (Phi) is 7.18. The lowest BCUT2D eigenvalue weighted by Crippen LogP contribution is -2.55. The molecule has 4 aliphatic rings. The Morgan fingerprint density at radius 3 is 2.51 bits per heavy atom. The van der Waals surface area contributed by atoms with E-state index in [0.717, 1.165) is 49.7 Å². The first-order chi connectivity index (χ1) is 16.4. The highest BCUT2D eigenvalue weighted by atomic mass is 16.5. The Labute approximate surface area is 211 Å². The third-order valence-electron chi connectivity index (χ3n) is 11.3. The molecule has 4 aliphatic carbocycles. The van der Waals surface area contributed by atoms with Crippen LogP contribution in [0, 0.1) is 46.3 Å². The van der Waals surface area contributed by atoms with Crippen LogP contribution in [-0.4, -0.2) is 41.3 Å². The Morgan fingerprint density at radius 1 is 1.17 bits per heavy atom. The summed E-state index contributed by atoms with van der Waals surface area (Å²) < 4.78 is 4.88. The van der Waals surface area contributed by atoms with Crippen LogP contribution >= 0.6 is 0 Å². The minimum atomic E-state index is -0.469. The molecule has 0 aliphatic heterocycles. The van der Waals surface area contributed by atoms with Crippen molar-refractivity contribution in [3.05, 3.63) is 23.3 Å². The highest BCUT2D eigenvalue weighted by molar-refractivity contribution is 5.98. The van der Waals surface area contributed by atoms with Crippen LogP contribution in [0.15, 0.2) is 23.3 Å². The molecule has 5 heteroatoms. The van der Waals surface area contributed by atoms with Gasteiger partial charge in [0.25, 0.3) is 0 Å². The quantitative estimate of drug-likeness (QED) is 0.396. The van der Waals surface area contributed by atoms with E-state index >= 15 is 0 Å². The van der Waals surface area contributed by atoms with Crippen LogP contribution in [0.25, 0.3) is 0 Å². The second kappa shape index (κ2) is 9.45. The molecule has 0 spiro atoms. The summed E-state index contributed by atoms with van der Waals surface area (Å²) in [5, 5.41) is 22.2. The molecule has 0 amide bonds. The second-order valence-corrected chi connectivity index (χ2v) is 12.8. The van der Waals surface area contributed by atoms with Gasteiger partial charge in [-0.2, -0.15) is 0 Å². The lowest BCUT2D eigenvalue weighted by Gasteiger charge is -2.57. The SMILES string of the molecule is C=C(CC[C@@H](C)[C@H]1CC[C@H]2C3=C(C[C@H](O)[C@]12C)[C@@]1(C)CC[C@@H](O)[C@@H](C)[C@@H]1CC3=O)[C@H](C)C(=O)OC. The average molecular weight is 487 g/mol. The minimum Gasteiger partial charge on any atom is -0.469 e. The molecule has 2 saturated carbocycles. The zero-order valence-corrected chi connectivity index (χ0v) is 22.6. The van der Waals surface area contributed by atoms with E-state index in [9.17, 15) is 19.8 Å². The normalized spacial score (nSPS) is 42.6. The molecule has 0 heterocycles. The number of Topliss-reactive ketones (excluding diaryl/α,β-unsaturated/α-hetero) is 1. The number of methoxy groups -OCH3 is 1. The van der Waals surface area contributed by atoms with Crippen molar-refractivity contribution in [2.24, 2.45) is 46.3 Å². The van der Waals surface area contributed by atoms with Crippen LogP contribution in [0.1, 0.15) is 86.0 Å². The molecule has 5 nitrogen and oxygen atoms in total. The smallest absolute Gasteiger partial charge is 0.312 e. The van der Waals surface area contributed by atoms with Crippen LogP contribution in [0.2, 0.25) is 0 Å². The van der Waals surface area contributed by atoms with Gasteiger partial charge < -0.3 is 14.9 Å². The number of ketones is 1. The fourth-order valence-corrected chi connectivity index (χ4v) is 8.71. The fourth-order valence-electron chi connectivity index (χ4n) is 8.71. The number of hydrogen-bond donors (Lipinski definition) is 2. The van der Waals surface area contributed by atoms with Gasteiger partial charge in [0.2, 0.25) is 0 Å². The maximum Gasteiger partial charge on any atom is 0.312 e. The van der Waals surface area contributed by atoms with Crippen molar-refractivity contribution in [2.45, 2.75) is 98.2 Å². The van der Waals surface area contributed by atoms with E-state index in [1.165, 1.54) is 12.7 Å². The maximum atomic E-state index is 13.7. The number of esters is 1. The molecular weight excluding hydrogens is 440 g/mol. The number of aliphatic hydroxyl groups is 2. The predicted molar refractivity (Wildman–Crippen MR) is 136 cm³/mol.